The van der Waals surface area contributed by atoms with Gasteiger partial charge in [0.2, 0.25) is 0 Å². The molecule has 1 aromatic rings. The second-order valence-electron chi connectivity index (χ2n) is 3.70. The quantitative estimate of drug-likeness (QED) is 0.734. The highest BCUT2D eigenvalue weighted by Crippen LogP contribution is 2.18. The number of hydrogen-bond donors (Lipinski definition) is 0. The fourth-order valence-electron chi connectivity index (χ4n) is 1.86. The van der Waals surface area contributed by atoms with Crippen LogP contribution in [0.5, 0.6) is 0 Å². The highest BCUT2D eigenvalue weighted by molar-refractivity contribution is 6.13. The molecule has 1 aliphatic rings. The first-order valence-corrected chi connectivity index (χ1v) is 5.15. The maximum Gasteiger partial charge on any atom is 0.255 e. The smallest absolute Gasteiger partial charge is 0.255 e. The maximum atomic E-state index is 11.9. The summed E-state index contributed by atoms with van der Waals surface area (Å²) in [6.45, 7) is 2.88. The number of ketones is 1. The van der Waals surface area contributed by atoms with Gasteiger partial charge in [0.15, 0.2) is 5.78 Å². The van der Waals surface area contributed by atoms with Gasteiger partial charge in [-0.2, -0.15) is 0 Å². The van der Waals surface area contributed by atoms with E-state index in [1.54, 1.807) is 29.2 Å². The maximum absolute atomic E-state index is 11.9. The molecule has 78 valence electrons. The normalized spacial score (nSPS) is 15.4. The molecule has 0 aromatic heterocycles. The second kappa shape index (κ2) is 3.85. The molecule has 1 amide bonds. The fourth-order valence-corrected chi connectivity index (χ4v) is 1.86. The third kappa shape index (κ3) is 1.65. The molecule has 1 heterocycles. The van der Waals surface area contributed by atoms with Gasteiger partial charge < -0.3 is 4.90 Å². The predicted octanol–water partition coefficient (Wildman–Crippen LogP) is 1.74. The number of fused-ring (bicyclic) bond motifs is 1. The van der Waals surface area contributed by atoms with Gasteiger partial charge in [0.05, 0.1) is 12.1 Å². The van der Waals surface area contributed by atoms with Gasteiger partial charge in [-0.25, -0.2) is 0 Å². The van der Waals surface area contributed by atoms with E-state index in [-0.39, 0.29) is 18.2 Å². The molecule has 3 nitrogen and oxygen atoms in total. The Bertz CT molecular complexity index is 412. The van der Waals surface area contributed by atoms with Crippen LogP contribution >= 0.6 is 0 Å². The Morgan fingerprint density at radius 2 is 1.87 bits per heavy atom. The Balaban J connectivity index is 2.40. The summed E-state index contributed by atoms with van der Waals surface area (Å²) in [5, 5.41) is 0. The van der Waals surface area contributed by atoms with Crippen molar-refractivity contribution in [2.45, 2.75) is 13.3 Å². The zero-order valence-corrected chi connectivity index (χ0v) is 8.69. The van der Waals surface area contributed by atoms with Crippen LogP contribution in [0.4, 0.5) is 0 Å². The average molecular weight is 203 g/mol. The molecule has 0 radical (unpaired) electrons. The van der Waals surface area contributed by atoms with Crippen LogP contribution in [0.3, 0.4) is 0 Å². The standard InChI is InChI=1S/C12H13NO2/c1-2-7-13-8-11(14)9-5-3-4-6-10(9)12(13)15/h3-6H,2,7-8H2,1H3. The van der Waals surface area contributed by atoms with Gasteiger partial charge in [-0.1, -0.05) is 25.1 Å². The summed E-state index contributed by atoms with van der Waals surface area (Å²) in [7, 11) is 0. The summed E-state index contributed by atoms with van der Waals surface area (Å²) >= 11 is 0. The van der Waals surface area contributed by atoms with Crippen LogP contribution in [-0.2, 0) is 0 Å². The van der Waals surface area contributed by atoms with Crippen LogP contribution < -0.4 is 0 Å². The topological polar surface area (TPSA) is 37.4 Å². The molecule has 0 saturated carbocycles. The Hall–Kier alpha value is -1.64. The summed E-state index contributed by atoms with van der Waals surface area (Å²) in [6, 6.07) is 7.02. The van der Waals surface area contributed by atoms with Crippen LogP contribution in [0.2, 0.25) is 0 Å². The number of nitrogens with zero attached hydrogens (tertiary/aromatic N) is 1. The average Bonchev–Trinajstić information content (AvgIpc) is 2.26. The third-order valence-corrected chi connectivity index (χ3v) is 2.57. The van der Waals surface area contributed by atoms with E-state index < -0.39 is 0 Å². The van der Waals surface area contributed by atoms with Crippen LogP contribution in [0.25, 0.3) is 0 Å². The van der Waals surface area contributed by atoms with Crippen molar-refractivity contribution >= 4 is 11.7 Å². The van der Waals surface area contributed by atoms with Crippen molar-refractivity contribution in [1.29, 1.82) is 0 Å². The molecule has 0 bridgehead atoms. The fraction of sp³-hybridized carbons (Fsp3) is 0.333. The lowest BCUT2D eigenvalue weighted by Crippen LogP contribution is -2.41. The first-order valence-electron chi connectivity index (χ1n) is 5.15. The van der Waals surface area contributed by atoms with Gasteiger partial charge in [-0.15, -0.1) is 0 Å². The highest BCUT2D eigenvalue weighted by Gasteiger charge is 2.28. The van der Waals surface area contributed by atoms with Crippen LogP contribution in [-0.4, -0.2) is 29.7 Å². The van der Waals surface area contributed by atoms with E-state index in [1.165, 1.54) is 0 Å². The lowest BCUT2D eigenvalue weighted by molar-refractivity contribution is 0.0681. The Morgan fingerprint density at radius 1 is 1.20 bits per heavy atom. The lowest BCUT2D eigenvalue weighted by atomic mass is 9.98. The summed E-state index contributed by atoms with van der Waals surface area (Å²) in [5.74, 6) is 0.0192. The van der Waals surface area contributed by atoms with E-state index in [0.717, 1.165) is 6.42 Å². The number of benzene rings is 1. The van der Waals surface area contributed by atoms with E-state index in [4.69, 9.17) is 0 Å². The lowest BCUT2D eigenvalue weighted by Gasteiger charge is -2.26. The van der Waals surface area contributed by atoms with Crippen molar-refractivity contribution in [2.24, 2.45) is 0 Å². The minimum absolute atomic E-state index is 0.0212. The molecule has 1 aromatic carbocycles. The number of hydrogen-bond acceptors (Lipinski definition) is 2. The Labute approximate surface area is 88.7 Å². The molecule has 0 unspecified atom stereocenters. The number of rotatable bonds is 2. The summed E-state index contributed by atoms with van der Waals surface area (Å²) in [4.78, 5) is 25.3. The third-order valence-electron chi connectivity index (χ3n) is 2.57. The summed E-state index contributed by atoms with van der Waals surface area (Å²) < 4.78 is 0. The minimum atomic E-state index is -0.0212. The van der Waals surface area contributed by atoms with E-state index in [1.807, 2.05) is 6.92 Å². The number of carbonyl (C=O) groups excluding carboxylic acids is 2. The summed E-state index contributed by atoms with van der Waals surface area (Å²) in [5.41, 5.74) is 1.11. The second-order valence-corrected chi connectivity index (χ2v) is 3.70. The van der Waals surface area contributed by atoms with Gasteiger partial charge in [-0.05, 0) is 12.5 Å². The molecular weight excluding hydrogens is 190 g/mol. The molecule has 0 aliphatic carbocycles. The van der Waals surface area contributed by atoms with Gasteiger partial charge in [-0.3, -0.25) is 9.59 Å². The van der Waals surface area contributed by atoms with Crippen molar-refractivity contribution in [3.63, 3.8) is 0 Å². The number of amides is 1. The van der Waals surface area contributed by atoms with Crippen molar-refractivity contribution in [3.05, 3.63) is 35.4 Å². The first-order chi connectivity index (χ1) is 7.24. The molecule has 0 N–H and O–H groups in total. The van der Waals surface area contributed by atoms with Crippen molar-refractivity contribution in [2.75, 3.05) is 13.1 Å². The summed E-state index contributed by atoms with van der Waals surface area (Å²) in [6.07, 6.45) is 0.876. The van der Waals surface area contributed by atoms with E-state index in [0.29, 0.717) is 17.7 Å². The van der Waals surface area contributed by atoms with Crippen LogP contribution in [0, 0.1) is 0 Å². The molecular formula is C12H13NO2. The highest BCUT2D eigenvalue weighted by atomic mass is 16.2. The Morgan fingerprint density at radius 3 is 2.53 bits per heavy atom. The molecule has 1 aliphatic heterocycles. The van der Waals surface area contributed by atoms with Gasteiger partial charge in [0.1, 0.15) is 0 Å². The number of carbonyl (C=O) groups is 2. The zero-order chi connectivity index (χ0) is 10.8. The molecule has 3 heteroatoms. The molecule has 0 atom stereocenters. The van der Waals surface area contributed by atoms with E-state index in [9.17, 15) is 9.59 Å². The Kier molecular flexibility index (Phi) is 2.54. The number of Topliss-reactive ketones (excluding diaryl/α,β-unsaturated/α-hetero) is 1. The van der Waals surface area contributed by atoms with Gasteiger partial charge in [0.25, 0.3) is 5.91 Å². The van der Waals surface area contributed by atoms with Gasteiger partial charge in [0, 0.05) is 12.1 Å². The molecule has 0 saturated heterocycles. The zero-order valence-electron chi connectivity index (χ0n) is 8.69. The van der Waals surface area contributed by atoms with E-state index >= 15 is 0 Å². The van der Waals surface area contributed by atoms with Crippen LogP contribution in [0.1, 0.15) is 34.1 Å². The first kappa shape index (κ1) is 9.90. The minimum Gasteiger partial charge on any atom is -0.331 e. The van der Waals surface area contributed by atoms with Crippen molar-refractivity contribution < 1.29 is 9.59 Å². The van der Waals surface area contributed by atoms with Crippen molar-refractivity contribution in [3.8, 4) is 0 Å². The van der Waals surface area contributed by atoms with Gasteiger partial charge >= 0.3 is 0 Å². The molecule has 15 heavy (non-hydrogen) atoms. The van der Waals surface area contributed by atoms with Crippen LogP contribution in [0.15, 0.2) is 24.3 Å². The SMILES string of the molecule is CCCN1CC(=O)c2ccccc2C1=O. The largest absolute Gasteiger partial charge is 0.331 e. The predicted molar refractivity (Wildman–Crippen MR) is 57.0 cm³/mol. The molecule has 0 fully saturated rings. The van der Waals surface area contributed by atoms with Crippen molar-refractivity contribution in [1.82, 2.24) is 4.90 Å². The molecule has 2 rings (SSSR count). The monoisotopic (exact) mass is 203 g/mol. The molecule has 0 spiro atoms. The van der Waals surface area contributed by atoms with E-state index in [2.05, 4.69) is 0 Å².